The molecule has 0 saturated carbocycles. The maximum Gasteiger partial charge on any atom is 0.230 e. The lowest BCUT2D eigenvalue weighted by Crippen LogP contribution is -2.14. The van der Waals surface area contributed by atoms with Crippen molar-refractivity contribution in [1.29, 1.82) is 0 Å². The van der Waals surface area contributed by atoms with E-state index in [9.17, 15) is 4.79 Å². The van der Waals surface area contributed by atoms with Crippen LogP contribution in [0.3, 0.4) is 0 Å². The van der Waals surface area contributed by atoms with E-state index in [1.807, 2.05) is 25.3 Å². The second-order valence-corrected chi connectivity index (χ2v) is 6.55. The van der Waals surface area contributed by atoms with E-state index in [4.69, 9.17) is 4.74 Å². The molecule has 0 bridgehead atoms. The van der Waals surface area contributed by atoms with Crippen LogP contribution in [0.1, 0.15) is 17.1 Å². The lowest BCUT2D eigenvalue weighted by Gasteiger charge is -2.05. The Balaban J connectivity index is 1.59. The number of aryl methyl sites for hydroxylation is 2. The molecule has 2 aromatic heterocycles. The average molecular weight is 369 g/mol. The first-order valence-corrected chi connectivity index (χ1v) is 8.87. The van der Waals surface area contributed by atoms with Gasteiger partial charge >= 0.3 is 0 Å². The van der Waals surface area contributed by atoms with Gasteiger partial charge in [-0.3, -0.25) is 4.79 Å². The van der Waals surface area contributed by atoms with Gasteiger partial charge < -0.3 is 15.4 Å². The Kier molecular flexibility index (Phi) is 5.43. The first-order chi connectivity index (χ1) is 12.5. The number of thiazole rings is 1. The van der Waals surface area contributed by atoms with Crippen LogP contribution in [0.15, 0.2) is 35.7 Å². The van der Waals surface area contributed by atoms with E-state index in [0.717, 1.165) is 17.1 Å². The van der Waals surface area contributed by atoms with Gasteiger partial charge in [0.05, 0.1) is 19.2 Å². The van der Waals surface area contributed by atoms with E-state index >= 15 is 0 Å². The van der Waals surface area contributed by atoms with E-state index < -0.39 is 0 Å². The zero-order valence-corrected chi connectivity index (χ0v) is 15.6. The van der Waals surface area contributed by atoms with Crippen molar-refractivity contribution in [1.82, 2.24) is 15.0 Å². The second-order valence-electron chi connectivity index (χ2n) is 5.70. The van der Waals surface area contributed by atoms with E-state index in [2.05, 4.69) is 25.6 Å². The fourth-order valence-electron chi connectivity index (χ4n) is 2.37. The van der Waals surface area contributed by atoms with Crippen LogP contribution in [0, 0.1) is 13.8 Å². The van der Waals surface area contributed by atoms with Crippen molar-refractivity contribution >= 4 is 34.0 Å². The van der Waals surface area contributed by atoms with Crippen LogP contribution < -0.4 is 15.4 Å². The lowest BCUT2D eigenvalue weighted by atomic mass is 10.2. The van der Waals surface area contributed by atoms with Crippen LogP contribution in [0.4, 0.5) is 16.8 Å². The number of aromatic nitrogens is 3. The smallest absolute Gasteiger partial charge is 0.230 e. The van der Waals surface area contributed by atoms with Gasteiger partial charge in [-0.25, -0.2) is 15.0 Å². The highest BCUT2D eigenvalue weighted by Gasteiger charge is 2.10. The molecular weight excluding hydrogens is 350 g/mol. The van der Waals surface area contributed by atoms with Crippen molar-refractivity contribution in [3.8, 4) is 5.75 Å². The van der Waals surface area contributed by atoms with Gasteiger partial charge in [-0.1, -0.05) is 0 Å². The van der Waals surface area contributed by atoms with Crippen LogP contribution in [0.5, 0.6) is 5.75 Å². The molecule has 2 heterocycles. The Morgan fingerprint density at radius 2 is 1.81 bits per heavy atom. The summed E-state index contributed by atoms with van der Waals surface area (Å²) >= 11 is 1.41. The number of carbonyl (C=O) groups excluding carboxylic acids is 1. The molecule has 3 aromatic rings. The van der Waals surface area contributed by atoms with Crippen LogP contribution in [0.2, 0.25) is 0 Å². The summed E-state index contributed by atoms with van der Waals surface area (Å²) in [5.74, 6) is 1.12. The van der Waals surface area contributed by atoms with Crippen molar-refractivity contribution < 1.29 is 9.53 Å². The molecule has 0 unspecified atom stereocenters. The summed E-state index contributed by atoms with van der Waals surface area (Å²) in [6, 6.07) is 9.08. The number of hydrogen-bond acceptors (Lipinski definition) is 7. The van der Waals surface area contributed by atoms with Crippen LogP contribution in [0.25, 0.3) is 0 Å². The number of hydrogen-bond donors (Lipinski definition) is 2. The molecule has 1 aromatic carbocycles. The van der Waals surface area contributed by atoms with Crippen molar-refractivity contribution in [3.63, 3.8) is 0 Å². The summed E-state index contributed by atoms with van der Waals surface area (Å²) in [6.07, 6.45) is 0.192. The predicted molar refractivity (Wildman–Crippen MR) is 102 cm³/mol. The number of rotatable bonds is 6. The third-order valence-corrected chi connectivity index (χ3v) is 4.27. The standard InChI is InChI=1S/C18H19N5O2S/c1-11-8-12(2)20-17(19-11)23-18-22-14(10-26-18)9-16(24)21-13-4-6-15(25-3)7-5-13/h4-8,10H,9H2,1-3H3,(H,21,24)(H,19,20,22,23). The number of carbonyl (C=O) groups is 1. The van der Waals surface area contributed by atoms with Crippen molar-refractivity contribution in [2.24, 2.45) is 0 Å². The van der Waals surface area contributed by atoms with Crippen LogP contribution >= 0.6 is 11.3 Å². The highest BCUT2D eigenvalue weighted by atomic mass is 32.1. The summed E-state index contributed by atoms with van der Waals surface area (Å²) in [7, 11) is 1.60. The van der Waals surface area contributed by atoms with Gasteiger partial charge in [-0.15, -0.1) is 11.3 Å². The molecule has 26 heavy (non-hydrogen) atoms. The maximum atomic E-state index is 12.2. The Morgan fingerprint density at radius 3 is 2.46 bits per heavy atom. The predicted octanol–water partition coefficient (Wildman–Crippen LogP) is 3.48. The Bertz CT molecular complexity index is 888. The summed E-state index contributed by atoms with van der Waals surface area (Å²) in [5.41, 5.74) is 3.17. The molecule has 0 aliphatic rings. The average Bonchev–Trinajstić information content (AvgIpc) is 3.01. The summed E-state index contributed by atoms with van der Waals surface area (Å²) in [6.45, 7) is 3.83. The number of anilines is 3. The molecule has 7 nitrogen and oxygen atoms in total. The molecule has 3 rings (SSSR count). The number of amides is 1. The molecule has 0 fully saturated rings. The zero-order valence-electron chi connectivity index (χ0n) is 14.7. The molecule has 0 atom stereocenters. The quantitative estimate of drug-likeness (QED) is 0.691. The highest BCUT2D eigenvalue weighted by Crippen LogP contribution is 2.20. The molecule has 8 heteroatoms. The minimum absolute atomic E-state index is 0.130. The summed E-state index contributed by atoms with van der Waals surface area (Å²) in [4.78, 5) is 25.2. The molecule has 134 valence electrons. The van der Waals surface area contributed by atoms with Gasteiger partial charge in [0.1, 0.15) is 5.75 Å². The van der Waals surface area contributed by atoms with Gasteiger partial charge in [0.25, 0.3) is 0 Å². The zero-order chi connectivity index (χ0) is 18.5. The molecule has 1 amide bonds. The second kappa shape index (κ2) is 7.92. The molecular formula is C18H19N5O2S. The summed E-state index contributed by atoms with van der Waals surface area (Å²) < 4.78 is 5.10. The van der Waals surface area contributed by atoms with Gasteiger partial charge in [0.2, 0.25) is 11.9 Å². The Morgan fingerprint density at radius 1 is 1.12 bits per heavy atom. The summed E-state index contributed by atoms with van der Waals surface area (Å²) in [5, 5.41) is 8.42. The van der Waals surface area contributed by atoms with Gasteiger partial charge in [0, 0.05) is 22.5 Å². The third-order valence-electron chi connectivity index (χ3n) is 3.47. The van der Waals surface area contributed by atoms with Gasteiger partial charge in [0.15, 0.2) is 5.13 Å². The fourth-order valence-corrected chi connectivity index (χ4v) is 3.07. The lowest BCUT2D eigenvalue weighted by molar-refractivity contribution is -0.115. The fraction of sp³-hybridized carbons (Fsp3) is 0.222. The number of benzene rings is 1. The molecule has 0 spiro atoms. The number of nitrogens with one attached hydrogen (secondary N) is 2. The van der Waals surface area contributed by atoms with E-state index in [0.29, 0.717) is 22.5 Å². The monoisotopic (exact) mass is 369 g/mol. The normalized spacial score (nSPS) is 10.4. The first kappa shape index (κ1) is 17.8. The Labute approximate surface area is 155 Å². The van der Waals surface area contributed by atoms with Crippen molar-refractivity contribution in [2.45, 2.75) is 20.3 Å². The van der Waals surface area contributed by atoms with Crippen molar-refractivity contribution in [2.75, 3.05) is 17.7 Å². The van der Waals surface area contributed by atoms with Gasteiger partial charge in [-0.2, -0.15) is 0 Å². The topological polar surface area (TPSA) is 89.0 Å². The van der Waals surface area contributed by atoms with E-state index in [1.54, 1.807) is 31.4 Å². The highest BCUT2D eigenvalue weighted by molar-refractivity contribution is 7.13. The van der Waals surface area contributed by atoms with Crippen LogP contribution in [-0.2, 0) is 11.2 Å². The minimum atomic E-state index is -0.130. The molecule has 0 saturated heterocycles. The SMILES string of the molecule is COc1ccc(NC(=O)Cc2csc(Nc3nc(C)cc(C)n3)n2)cc1. The third kappa shape index (κ3) is 4.76. The molecule has 0 aliphatic carbocycles. The molecule has 0 radical (unpaired) electrons. The molecule has 2 N–H and O–H groups in total. The molecule has 0 aliphatic heterocycles. The van der Waals surface area contributed by atoms with Crippen molar-refractivity contribution in [3.05, 3.63) is 52.8 Å². The Hall–Kier alpha value is -3.00. The van der Waals surface area contributed by atoms with E-state index in [1.165, 1.54) is 11.3 Å². The number of nitrogens with zero attached hydrogens (tertiary/aromatic N) is 3. The maximum absolute atomic E-state index is 12.2. The first-order valence-electron chi connectivity index (χ1n) is 7.99. The largest absolute Gasteiger partial charge is 0.497 e. The number of methoxy groups -OCH3 is 1. The van der Waals surface area contributed by atoms with Crippen LogP contribution in [-0.4, -0.2) is 28.0 Å². The van der Waals surface area contributed by atoms with E-state index in [-0.39, 0.29) is 12.3 Å². The number of ether oxygens (including phenoxy) is 1. The minimum Gasteiger partial charge on any atom is -0.497 e. The van der Waals surface area contributed by atoms with Gasteiger partial charge in [-0.05, 0) is 44.2 Å².